The fraction of sp³-hybridized carbons (Fsp3) is 0.200. The van der Waals surface area contributed by atoms with Crippen LogP contribution in [-0.2, 0) is 6.54 Å². The first-order chi connectivity index (χ1) is 9.06. The normalized spacial score (nSPS) is 12.4. The average molecular weight is 343 g/mol. The maximum absolute atomic E-state index is 12.8. The van der Waals surface area contributed by atoms with Gasteiger partial charge in [0.25, 0.3) is 0 Å². The molecule has 1 unspecified atom stereocenters. The summed E-state index contributed by atoms with van der Waals surface area (Å²) in [5.41, 5.74) is 2.21. The maximum atomic E-state index is 12.8. The molecule has 0 aromatic heterocycles. The number of rotatable bonds is 4. The van der Waals surface area contributed by atoms with E-state index in [1.54, 1.807) is 12.1 Å². The summed E-state index contributed by atoms with van der Waals surface area (Å²) in [5.74, 6) is -0.211. The third-order valence-electron chi connectivity index (χ3n) is 2.97. The molecule has 1 atom stereocenters. The molecule has 0 amide bonds. The van der Waals surface area contributed by atoms with Crippen LogP contribution in [0.25, 0.3) is 0 Å². The van der Waals surface area contributed by atoms with Gasteiger partial charge in [-0.2, -0.15) is 0 Å². The standard InChI is InChI=1S/C15H14BrClFN/c1-10(12-3-5-13(18)6-4-12)19-9-11-2-7-15(17)14(16)8-11/h2-8,10,19H,9H2,1H3. The zero-order valence-electron chi connectivity index (χ0n) is 10.5. The van der Waals surface area contributed by atoms with Crippen molar-refractivity contribution >= 4 is 27.5 Å². The highest BCUT2D eigenvalue weighted by molar-refractivity contribution is 9.10. The summed E-state index contributed by atoms with van der Waals surface area (Å²) in [7, 11) is 0. The molecule has 2 rings (SSSR count). The minimum absolute atomic E-state index is 0.162. The van der Waals surface area contributed by atoms with E-state index in [1.165, 1.54) is 12.1 Å². The molecule has 0 saturated carbocycles. The molecule has 0 aliphatic carbocycles. The summed E-state index contributed by atoms with van der Waals surface area (Å²) in [6.07, 6.45) is 0. The summed E-state index contributed by atoms with van der Waals surface area (Å²) in [4.78, 5) is 0. The van der Waals surface area contributed by atoms with Crippen LogP contribution >= 0.6 is 27.5 Å². The molecule has 0 saturated heterocycles. The molecule has 4 heteroatoms. The van der Waals surface area contributed by atoms with Crippen LogP contribution in [0, 0.1) is 5.82 Å². The molecule has 2 aromatic rings. The van der Waals surface area contributed by atoms with Gasteiger partial charge in [0, 0.05) is 17.1 Å². The van der Waals surface area contributed by atoms with Crippen LogP contribution < -0.4 is 5.32 Å². The van der Waals surface area contributed by atoms with Crippen LogP contribution in [0.2, 0.25) is 5.02 Å². The molecule has 0 heterocycles. The van der Waals surface area contributed by atoms with Crippen LogP contribution in [0.1, 0.15) is 24.1 Å². The Morgan fingerprint density at radius 3 is 2.53 bits per heavy atom. The number of halogens is 3. The van der Waals surface area contributed by atoms with Gasteiger partial charge in [-0.1, -0.05) is 29.8 Å². The van der Waals surface area contributed by atoms with E-state index in [9.17, 15) is 4.39 Å². The lowest BCUT2D eigenvalue weighted by Crippen LogP contribution is -2.18. The third-order valence-corrected chi connectivity index (χ3v) is 4.18. The first kappa shape index (κ1) is 14.5. The van der Waals surface area contributed by atoms with Crippen molar-refractivity contribution in [2.75, 3.05) is 0 Å². The van der Waals surface area contributed by atoms with Gasteiger partial charge >= 0.3 is 0 Å². The Bertz CT molecular complexity index is 557. The number of benzene rings is 2. The van der Waals surface area contributed by atoms with E-state index >= 15 is 0 Å². The van der Waals surface area contributed by atoms with Crippen LogP contribution in [-0.4, -0.2) is 0 Å². The molecule has 0 aliphatic heterocycles. The molecule has 2 aromatic carbocycles. The summed E-state index contributed by atoms with van der Waals surface area (Å²) in [5, 5.41) is 4.10. The van der Waals surface area contributed by atoms with E-state index in [1.807, 2.05) is 18.2 Å². The van der Waals surface area contributed by atoms with Gasteiger partial charge in [-0.15, -0.1) is 0 Å². The smallest absolute Gasteiger partial charge is 0.123 e. The fourth-order valence-electron chi connectivity index (χ4n) is 1.79. The Labute approximate surface area is 125 Å². The maximum Gasteiger partial charge on any atom is 0.123 e. The highest BCUT2D eigenvalue weighted by atomic mass is 79.9. The van der Waals surface area contributed by atoms with E-state index in [4.69, 9.17) is 11.6 Å². The first-order valence-electron chi connectivity index (χ1n) is 5.99. The number of nitrogens with one attached hydrogen (secondary N) is 1. The van der Waals surface area contributed by atoms with Gasteiger partial charge < -0.3 is 5.32 Å². The van der Waals surface area contributed by atoms with Gasteiger partial charge in [0.2, 0.25) is 0 Å². The van der Waals surface area contributed by atoms with Crippen molar-refractivity contribution in [2.24, 2.45) is 0 Å². The summed E-state index contributed by atoms with van der Waals surface area (Å²) < 4.78 is 13.7. The summed E-state index contributed by atoms with van der Waals surface area (Å²) in [6, 6.07) is 12.6. The van der Waals surface area contributed by atoms with Crippen molar-refractivity contribution in [1.29, 1.82) is 0 Å². The molecule has 0 bridgehead atoms. The van der Waals surface area contributed by atoms with Gasteiger partial charge in [-0.25, -0.2) is 4.39 Å². The molecule has 1 N–H and O–H groups in total. The summed E-state index contributed by atoms with van der Waals surface area (Å²) in [6.45, 7) is 2.78. The molecule has 19 heavy (non-hydrogen) atoms. The first-order valence-corrected chi connectivity index (χ1v) is 7.16. The van der Waals surface area contributed by atoms with E-state index in [-0.39, 0.29) is 11.9 Å². The van der Waals surface area contributed by atoms with Crippen molar-refractivity contribution in [3.63, 3.8) is 0 Å². The van der Waals surface area contributed by atoms with Gasteiger partial charge in [-0.3, -0.25) is 0 Å². The molecule has 100 valence electrons. The number of hydrogen-bond acceptors (Lipinski definition) is 1. The van der Waals surface area contributed by atoms with E-state index in [0.717, 1.165) is 22.1 Å². The van der Waals surface area contributed by atoms with Crippen LogP contribution in [0.4, 0.5) is 4.39 Å². The molecule has 0 spiro atoms. The van der Waals surface area contributed by atoms with Gasteiger partial charge in [-0.05, 0) is 58.2 Å². The van der Waals surface area contributed by atoms with E-state index in [0.29, 0.717) is 5.02 Å². The SMILES string of the molecule is CC(NCc1ccc(Cl)c(Br)c1)c1ccc(F)cc1. The molecule has 1 nitrogen and oxygen atoms in total. The Morgan fingerprint density at radius 2 is 1.89 bits per heavy atom. The van der Waals surface area contributed by atoms with E-state index in [2.05, 4.69) is 28.2 Å². The van der Waals surface area contributed by atoms with Crippen molar-refractivity contribution in [1.82, 2.24) is 5.32 Å². The molecular formula is C15H14BrClFN. The van der Waals surface area contributed by atoms with Crippen LogP contribution in [0.5, 0.6) is 0 Å². The van der Waals surface area contributed by atoms with Crippen LogP contribution in [0.15, 0.2) is 46.9 Å². The topological polar surface area (TPSA) is 12.0 Å². The predicted molar refractivity (Wildman–Crippen MR) is 80.8 cm³/mol. The lowest BCUT2D eigenvalue weighted by atomic mass is 10.1. The highest BCUT2D eigenvalue weighted by Crippen LogP contribution is 2.23. The fourth-order valence-corrected chi connectivity index (χ4v) is 2.33. The Morgan fingerprint density at radius 1 is 1.21 bits per heavy atom. The third kappa shape index (κ3) is 4.03. The van der Waals surface area contributed by atoms with Crippen molar-refractivity contribution in [2.45, 2.75) is 19.5 Å². The summed E-state index contributed by atoms with van der Waals surface area (Å²) >= 11 is 9.36. The zero-order valence-corrected chi connectivity index (χ0v) is 12.8. The van der Waals surface area contributed by atoms with Gasteiger partial charge in [0.1, 0.15) is 5.82 Å². The quantitative estimate of drug-likeness (QED) is 0.816. The van der Waals surface area contributed by atoms with Crippen molar-refractivity contribution < 1.29 is 4.39 Å². The Balaban J connectivity index is 1.98. The highest BCUT2D eigenvalue weighted by Gasteiger charge is 2.05. The zero-order chi connectivity index (χ0) is 13.8. The monoisotopic (exact) mass is 341 g/mol. The van der Waals surface area contributed by atoms with E-state index < -0.39 is 0 Å². The number of hydrogen-bond donors (Lipinski definition) is 1. The van der Waals surface area contributed by atoms with Crippen molar-refractivity contribution in [3.05, 3.63) is 68.9 Å². The minimum Gasteiger partial charge on any atom is -0.306 e. The molecular weight excluding hydrogens is 329 g/mol. The molecule has 0 aliphatic rings. The molecule has 0 fully saturated rings. The second-order valence-electron chi connectivity index (χ2n) is 4.40. The largest absolute Gasteiger partial charge is 0.306 e. The van der Waals surface area contributed by atoms with Gasteiger partial charge in [0.05, 0.1) is 5.02 Å². The lowest BCUT2D eigenvalue weighted by Gasteiger charge is -2.14. The Hall–Kier alpha value is -0.900. The van der Waals surface area contributed by atoms with Crippen LogP contribution in [0.3, 0.4) is 0 Å². The lowest BCUT2D eigenvalue weighted by molar-refractivity contribution is 0.571. The Kier molecular flexibility index (Phi) is 4.97. The second kappa shape index (κ2) is 6.51. The predicted octanol–water partition coefficient (Wildman–Crippen LogP) is 5.09. The van der Waals surface area contributed by atoms with Gasteiger partial charge in [0.15, 0.2) is 0 Å². The molecule has 0 radical (unpaired) electrons. The second-order valence-corrected chi connectivity index (χ2v) is 5.66. The minimum atomic E-state index is -0.211. The van der Waals surface area contributed by atoms with Crippen molar-refractivity contribution in [3.8, 4) is 0 Å². The average Bonchev–Trinajstić information content (AvgIpc) is 2.40.